The zero-order chi connectivity index (χ0) is 12.1. The average molecular weight is 230 g/mol. The Kier molecular flexibility index (Phi) is 3.67. The lowest BCUT2D eigenvalue weighted by molar-refractivity contribution is -0.139. The molecule has 0 aliphatic carbocycles. The summed E-state index contributed by atoms with van der Waals surface area (Å²) >= 11 is 0. The fourth-order valence-corrected chi connectivity index (χ4v) is 1.62. The number of fused-ring (bicyclic) bond motifs is 1. The van der Waals surface area contributed by atoms with Gasteiger partial charge in [-0.25, -0.2) is 0 Å². The molecule has 0 aliphatic heterocycles. The highest BCUT2D eigenvalue weighted by molar-refractivity contribution is 5.82. The fourth-order valence-electron chi connectivity index (χ4n) is 1.62. The topological polar surface area (TPSA) is 51.2 Å². The predicted molar refractivity (Wildman–Crippen MR) is 65.5 cm³/mol. The first-order valence-electron chi connectivity index (χ1n) is 5.40. The van der Waals surface area contributed by atoms with Crippen molar-refractivity contribution < 1.29 is 9.53 Å². The average Bonchev–Trinajstić information content (AvgIpc) is 2.38. The minimum absolute atomic E-state index is 0.227. The molecule has 1 aromatic carbocycles. The van der Waals surface area contributed by atoms with Gasteiger partial charge in [-0.1, -0.05) is 12.1 Å². The van der Waals surface area contributed by atoms with E-state index in [9.17, 15) is 4.79 Å². The summed E-state index contributed by atoms with van der Waals surface area (Å²) in [5.41, 5.74) is 1.13. The number of ether oxygens (including phenoxy) is 1. The lowest BCUT2D eigenvalue weighted by atomic mass is 10.1. The second-order valence-corrected chi connectivity index (χ2v) is 3.74. The summed E-state index contributed by atoms with van der Waals surface area (Å²) in [7, 11) is 1.38. The van der Waals surface area contributed by atoms with Gasteiger partial charge in [0.2, 0.25) is 0 Å². The van der Waals surface area contributed by atoms with Gasteiger partial charge in [-0.2, -0.15) is 0 Å². The standard InChI is InChI=1S/C13H14N2O2/c1-17-13(16)9-15-7-10-2-3-12-8-14-5-4-11(12)6-10/h2-6,8,15H,7,9H2,1H3. The number of esters is 1. The van der Waals surface area contributed by atoms with E-state index in [1.54, 1.807) is 6.20 Å². The van der Waals surface area contributed by atoms with Crippen molar-refractivity contribution in [2.45, 2.75) is 6.54 Å². The molecule has 1 heterocycles. The summed E-state index contributed by atoms with van der Waals surface area (Å²) < 4.78 is 4.55. The molecule has 2 aromatic rings. The van der Waals surface area contributed by atoms with Gasteiger partial charge < -0.3 is 10.1 Å². The number of aromatic nitrogens is 1. The van der Waals surface area contributed by atoms with E-state index in [0.717, 1.165) is 16.3 Å². The number of carbonyl (C=O) groups is 1. The van der Waals surface area contributed by atoms with Gasteiger partial charge in [0.1, 0.15) is 0 Å². The number of carbonyl (C=O) groups excluding carboxylic acids is 1. The van der Waals surface area contributed by atoms with Crippen LogP contribution in [-0.2, 0) is 16.1 Å². The third-order valence-electron chi connectivity index (χ3n) is 2.53. The van der Waals surface area contributed by atoms with Gasteiger partial charge in [-0.3, -0.25) is 9.78 Å². The Hall–Kier alpha value is -1.94. The zero-order valence-corrected chi connectivity index (χ0v) is 9.64. The maximum atomic E-state index is 10.9. The largest absolute Gasteiger partial charge is 0.468 e. The molecular weight excluding hydrogens is 216 g/mol. The lowest BCUT2D eigenvalue weighted by Crippen LogP contribution is -2.23. The first kappa shape index (κ1) is 11.5. The second kappa shape index (κ2) is 5.41. The minimum Gasteiger partial charge on any atom is -0.468 e. The molecule has 2 rings (SSSR count). The first-order chi connectivity index (χ1) is 8.29. The minimum atomic E-state index is -0.255. The number of methoxy groups -OCH3 is 1. The third kappa shape index (κ3) is 3.01. The van der Waals surface area contributed by atoms with Crippen LogP contribution in [0, 0.1) is 0 Å². The van der Waals surface area contributed by atoms with Gasteiger partial charge in [-0.15, -0.1) is 0 Å². The van der Waals surface area contributed by atoms with E-state index in [-0.39, 0.29) is 12.5 Å². The highest BCUT2D eigenvalue weighted by Crippen LogP contribution is 2.14. The van der Waals surface area contributed by atoms with E-state index in [4.69, 9.17) is 0 Å². The molecule has 4 nitrogen and oxygen atoms in total. The van der Waals surface area contributed by atoms with Crippen LogP contribution in [-0.4, -0.2) is 24.6 Å². The smallest absolute Gasteiger partial charge is 0.319 e. The number of pyridine rings is 1. The normalized spacial score (nSPS) is 10.4. The molecule has 0 spiro atoms. The van der Waals surface area contributed by atoms with Crippen LogP contribution in [0.5, 0.6) is 0 Å². The molecule has 1 N–H and O–H groups in total. The van der Waals surface area contributed by atoms with E-state index in [2.05, 4.69) is 21.1 Å². The summed E-state index contributed by atoms with van der Waals surface area (Å²) in [4.78, 5) is 15.0. The Morgan fingerprint density at radius 1 is 1.35 bits per heavy atom. The predicted octanol–water partition coefficient (Wildman–Crippen LogP) is 1.50. The van der Waals surface area contributed by atoms with Crippen LogP contribution in [0.25, 0.3) is 10.8 Å². The highest BCUT2D eigenvalue weighted by Gasteiger charge is 2.00. The van der Waals surface area contributed by atoms with Crippen molar-refractivity contribution in [3.05, 3.63) is 42.2 Å². The molecule has 0 saturated carbocycles. The van der Waals surface area contributed by atoms with Gasteiger partial charge in [0.05, 0.1) is 13.7 Å². The monoisotopic (exact) mass is 230 g/mol. The van der Waals surface area contributed by atoms with Crippen molar-refractivity contribution >= 4 is 16.7 Å². The van der Waals surface area contributed by atoms with Crippen LogP contribution in [0.3, 0.4) is 0 Å². The molecule has 88 valence electrons. The number of rotatable bonds is 4. The summed E-state index contributed by atoms with van der Waals surface area (Å²) in [5, 5.41) is 5.29. The molecule has 1 aromatic heterocycles. The maximum absolute atomic E-state index is 10.9. The Morgan fingerprint density at radius 2 is 2.24 bits per heavy atom. The number of hydrogen-bond acceptors (Lipinski definition) is 4. The van der Waals surface area contributed by atoms with Crippen LogP contribution in [0.1, 0.15) is 5.56 Å². The number of nitrogens with zero attached hydrogens (tertiary/aromatic N) is 1. The molecule has 0 saturated heterocycles. The van der Waals surface area contributed by atoms with Gasteiger partial charge in [0.25, 0.3) is 0 Å². The van der Waals surface area contributed by atoms with Crippen LogP contribution < -0.4 is 5.32 Å². The van der Waals surface area contributed by atoms with Gasteiger partial charge in [0, 0.05) is 24.3 Å². The summed E-state index contributed by atoms with van der Waals surface area (Å²) in [5.74, 6) is -0.255. The third-order valence-corrected chi connectivity index (χ3v) is 2.53. The Balaban J connectivity index is 2.02. The molecule has 0 fully saturated rings. The van der Waals surface area contributed by atoms with Crippen molar-refractivity contribution in [2.75, 3.05) is 13.7 Å². The lowest BCUT2D eigenvalue weighted by Gasteiger charge is -2.05. The van der Waals surface area contributed by atoms with Crippen molar-refractivity contribution in [2.24, 2.45) is 0 Å². The first-order valence-corrected chi connectivity index (χ1v) is 5.40. The van der Waals surface area contributed by atoms with Crippen LogP contribution in [0.4, 0.5) is 0 Å². The Bertz CT molecular complexity index is 526. The van der Waals surface area contributed by atoms with E-state index >= 15 is 0 Å². The van der Waals surface area contributed by atoms with Gasteiger partial charge >= 0.3 is 5.97 Å². The molecule has 0 bridgehead atoms. The Labute approximate surface area is 99.6 Å². The van der Waals surface area contributed by atoms with Crippen molar-refractivity contribution in [3.8, 4) is 0 Å². The van der Waals surface area contributed by atoms with E-state index in [0.29, 0.717) is 6.54 Å². The molecular formula is C13H14N2O2. The fraction of sp³-hybridized carbons (Fsp3) is 0.231. The number of hydrogen-bond donors (Lipinski definition) is 1. The molecule has 0 radical (unpaired) electrons. The van der Waals surface area contributed by atoms with Gasteiger partial charge in [0.15, 0.2) is 0 Å². The van der Waals surface area contributed by atoms with Crippen LogP contribution in [0.15, 0.2) is 36.7 Å². The van der Waals surface area contributed by atoms with Crippen LogP contribution >= 0.6 is 0 Å². The summed E-state index contributed by atoms with van der Waals surface area (Å²) in [6, 6.07) is 8.10. The quantitative estimate of drug-likeness (QED) is 0.809. The molecule has 0 aliphatic rings. The molecule has 0 unspecified atom stereocenters. The highest BCUT2D eigenvalue weighted by atomic mass is 16.5. The van der Waals surface area contributed by atoms with Gasteiger partial charge in [-0.05, 0) is 23.1 Å². The molecule has 0 amide bonds. The summed E-state index contributed by atoms with van der Waals surface area (Å²) in [6.07, 6.45) is 3.61. The van der Waals surface area contributed by atoms with E-state index in [1.807, 2.05) is 24.4 Å². The molecule has 0 atom stereocenters. The Morgan fingerprint density at radius 3 is 3.06 bits per heavy atom. The van der Waals surface area contributed by atoms with E-state index in [1.165, 1.54) is 7.11 Å². The van der Waals surface area contributed by atoms with Crippen molar-refractivity contribution in [1.29, 1.82) is 0 Å². The van der Waals surface area contributed by atoms with Crippen molar-refractivity contribution in [1.82, 2.24) is 10.3 Å². The SMILES string of the molecule is COC(=O)CNCc1ccc2cnccc2c1. The second-order valence-electron chi connectivity index (χ2n) is 3.74. The van der Waals surface area contributed by atoms with E-state index < -0.39 is 0 Å². The molecule has 17 heavy (non-hydrogen) atoms. The molecule has 4 heteroatoms. The zero-order valence-electron chi connectivity index (χ0n) is 9.64. The van der Waals surface area contributed by atoms with Crippen LogP contribution in [0.2, 0.25) is 0 Å². The van der Waals surface area contributed by atoms with Crippen molar-refractivity contribution in [3.63, 3.8) is 0 Å². The number of benzene rings is 1. The maximum Gasteiger partial charge on any atom is 0.319 e. The number of nitrogens with one attached hydrogen (secondary N) is 1. The summed E-state index contributed by atoms with van der Waals surface area (Å²) in [6.45, 7) is 0.873.